The van der Waals surface area contributed by atoms with Crippen LogP contribution in [-0.4, -0.2) is 18.2 Å². The molecule has 2 heteroatoms. The van der Waals surface area contributed by atoms with Gasteiger partial charge in [-0.1, -0.05) is 6.92 Å². The Kier molecular flexibility index (Phi) is 3.36. The van der Waals surface area contributed by atoms with Crippen LogP contribution in [0.25, 0.3) is 0 Å². The lowest BCUT2D eigenvalue weighted by Crippen LogP contribution is -2.53. The summed E-state index contributed by atoms with van der Waals surface area (Å²) >= 11 is 0. The van der Waals surface area contributed by atoms with Gasteiger partial charge in [-0.15, -0.1) is 0 Å². The molecular weight excluding hydrogens is 186 g/mol. The first-order valence-electron chi connectivity index (χ1n) is 6.57. The predicted molar refractivity (Wildman–Crippen MR) is 62.7 cm³/mol. The molecule has 2 rings (SSSR count). The summed E-state index contributed by atoms with van der Waals surface area (Å²) in [5, 5.41) is 0. The standard InChI is InChI=1S/C13H25NO/c1-3-15-13(12(14)11-4-5-11)8-6-10(2)7-9-13/h10-12H,3-9,14H2,1-2H3. The SMILES string of the molecule is CCOC1(C(N)C2CC2)CCC(C)CC1. The second kappa shape index (κ2) is 4.42. The first-order valence-corrected chi connectivity index (χ1v) is 6.57. The van der Waals surface area contributed by atoms with E-state index in [4.69, 9.17) is 10.5 Å². The van der Waals surface area contributed by atoms with E-state index in [0.29, 0.717) is 6.04 Å². The number of rotatable bonds is 4. The molecule has 0 aromatic rings. The van der Waals surface area contributed by atoms with E-state index < -0.39 is 0 Å². The van der Waals surface area contributed by atoms with E-state index in [0.717, 1.165) is 18.4 Å². The maximum atomic E-state index is 6.40. The quantitative estimate of drug-likeness (QED) is 0.776. The number of nitrogens with two attached hydrogens (primary N) is 1. The van der Waals surface area contributed by atoms with Crippen LogP contribution in [0, 0.1) is 11.8 Å². The highest BCUT2D eigenvalue weighted by atomic mass is 16.5. The zero-order valence-electron chi connectivity index (χ0n) is 10.2. The third-order valence-electron chi connectivity index (χ3n) is 4.29. The lowest BCUT2D eigenvalue weighted by Gasteiger charge is -2.43. The molecule has 0 aromatic heterocycles. The molecule has 0 aromatic carbocycles. The Labute approximate surface area is 93.6 Å². The van der Waals surface area contributed by atoms with E-state index in [2.05, 4.69) is 13.8 Å². The lowest BCUT2D eigenvalue weighted by atomic mass is 9.74. The summed E-state index contributed by atoms with van der Waals surface area (Å²) in [4.78, 5) is 0. The topological polar surface area (TPSA) is 35.2 Å². The summed E-state index contributed by atoms with van der Waals surface area (Å²) in [7, 11) is 0. The second-order valence-electron chi connectivity index (χ2n) is 5.54. The average molecular weight is 211 g/mol. The Balaban J connectivity index is 2.02. The fraction of sp³-hybridized carbons (Fsp3) is 1.00. The number of hydrogen-bond donors (Lipinski definition) is 1. The van der Waals surface area contributed by atoms with Crippen molar-refractivity contribution in [2.24, 2.45) is 17.6 Å². The molecule has 2 nitrogen and oxygen atoms in total. The molecule has 15 heavy (non-hydrogen) atoms. The summed E-state index contributed by atoms with van der Waals surface area (Å²) in [6.45, 7) is 5.26. The van der Waals surface area contributed by atoms with Crippen LogP contribution in [-0.2, 0) is 4.74 Å². The molecule has 1 unspecified atom stereocenters. The van der Waals surface area contributed by atoms with Gasteiger partial charge in [0, 0.05) is 12.6 Å². The predicted octanol–water partition coefficient (Wildman–Crippen LogP) is 2.71. The normalized spacial score (nSPS) is 39.0. The van der Waals surface area contributed by atoms with Crippen molar-refractivity contribution in [2.75, 3.05) is 6.61 Å². The smallest absolute Gasteiger partial charge is 0.0835 e. The summed E-state index contributed by atoms with van der Waals surface area (Å²) in [5.74, 6) is 1.62. The zero-order valence-corrected chi connectivity index (χ0v) is 10.2. The molecule has 88 valence electrons. The lowest BCUT2D eigenvalue weighted by molar-refractivity contribution is -0.0926. The van der Waals surface area contributed by atoms with Crippen molar-refractivity contribution in [2.45, 2.75) is 64.0 Å². The summed E-state index contributed by atoms with van der Waals surface area (Å²) in [5.41, 5.74) is 6.43. The van der Waals surface area contributed by atoms with Gasteiger partial charge in [-0.2, -0.15) is 0 Å². The van der Waals surface area contributed by atoms with Gasteiger partial charge < -0.3 is 10.5 Å². The van der Waals surface area contributed by atoms with Gasteiger partial charge >= 0.3 is 0 Å². The van der Waals surface area contributed by atoms with Crippen LogP contribution in [0.3, 0.4) is 0 Å². The van der Waals surface area contributed by atoms with Crippen LogP contribution in [0.1, 0.15) is 52.4 Å². The second-order valence-corrected chi connectivity index (χ2v) is 5.54. The van der Waals surface area contributed by atoms with Crippen LogP contribution < -0.4 is 5.73 Å². The maximum absolute atomic E-state index is 6.40. The van der Waals surface area contributed by atoms with E-state index in [9.17, 15) is 0 Å². The highest BCUT2D eigenvalue weighted by molar-refractivity contribution is 5.01. The number of hydrogen-bond acceptors (Lipinski definition) is 2. The van der Waals surface area contributed by atoms with Crippen molar-refractivity contribution in [3.63, 3.8) is 0 Å². The Morgan fingerprint density at radius 1 is 1.27 bits per heavy atom. The van der Waals surface area contributed by atoms with Crippen LogP contribution in [0.15, 0.2) is 0 Å². The van der Waals surface area contributed by atoms with E-state index >= 15 is 0 Å². The molecule has 0 saturated heterocycles. The fourth-order valence-electron chi connectivity index (χ4n) is 3.00. The third-order valence-corrected chi connectivity index (χ3v) is 4.29. The molecule has 2 aliphatic carbocycles. The largest absolute Gasteiger partial charge is 0.374 e. The number of ether oxygens (including phenoxy) is 1. The Hall–Kier alpha value is -0.0800. The van der Waals surface area contributed by atoms with Crippen LogP contribution >= 0.6 is 0 Å². The van der Waals surface area contributed by atoms with Gasteiger partial charge in [0.15, 0.2) is 0 Å². The summed E-state index contributed by atoms with van der Waals surface area (Å²) in [6.07, 6.45) is 7.59. The Morgan fingerprint density at radius 3 is 2.33 bits per heavy atom. The first kappa shape index (κ1) is 11.4. The van der Waals surface area contributed by atoms with Crippen molar-refractivity contribution in [3.05, 3.63) is 0 Å². The van der Waals surface area contributed by atoms with Crippen molar-refractivity contribution >= 4 is 0 Å². The van der Waals surface area contributed by atoms with Gasteiger partial charge in [0.05, 0.1) is 5.60 Å². The molecular formula is C13H25NO. The molecule has 2 aliphatic rings. The molecule has 0 amide bonds. The van der Waals surface area contributed by atoms with Crippen molar-refractivity contribution in [3.8, 4) is 0 Å². The van der Waals surface area contributed by atoms with E-state index in [1.54, 1.807) is 0 Å². The van der Waals surface area contributed by atoms with Gasteiger partial charge in [-0.25, -0.2) is 0 Å². The molecule has 2 saturated carbocycles. The van der Waals surface area contributed by atoms with Gasteiger partial charge in [0.1, 0.15) is 0 Å². The Bertz CT molecular complexity index is 205. The van der Waals surface area contributed by atoms with Crippen molar-refractivity contribution in [1.29, 1.82) is 0 Å². The van der Waals surface area contributed by atoms with Crippen LogP contribution in [0.4, 0.5) is 0 Å². The molecule has 0 bridgehead atoms. The minimum absolute atomic E-state index is 0.0302. The fourth-order valence-corrected chi connectivity index (χ4v) is 3.00. The maximum Gasteiger partial charge on any atom is 0.0835 e. The molecule has 0 heterocycles. The zero-order chi connectivity index (χ0) is 10.9. The molecule has 2 fully saturated rings. The van der Waals surface area contributed by atoms with Gasteiger partial charge in [0.25, 0.3) is 0 Å². The molecule has 1 atom stereocenters. The first-order chi connectivity index (χ1) is 7.18. The van der Waals surface area contributed by atoms with Gasteiger partial charge in [-0.05, 0) is 57.3 Å². The van der Waals surface area contributed by atoms with Gasteiger partial charge in [-0.3, -0.25) is 0 Å². The monoisotopic (exact) mass is 211 g/mol. The highest BCUT2D eigenvalue weighted by Crippen LogP contribution is 2.44. The van der Waals surface area contributed by atoms with Crippen molar-refractivity contribution in [1.82, 2.24) is 0 Å². The van der Waals surface area contributed by atoms with Crippen molar-refractivity contribution < 1.29 is 4.74 Å². The van der Waals surface area contributed by atoms with E-state index in [1.165, 1.54) is 38.5 Å². The molecule has 0 spiro atoms. The van der Waals surface area contributed by atoms with E-state index in [1.807, 2.05) is 0 Å². The van der Waals surface area contributed by atoms with E-state index in [-0.39, 0.29) is 5.60 Å². The molecule has 2 N–H and O–H groups in total. The molecule has 0 radical (unpaired) electrons. The highest BCUT2D eigenvalue weighted by Gasteiger charge is 2.46. The minimum atomic E-state index is 0.0302. The summed E-state index contributed by atoms with van der Waals surface area (Å²) < 4.78 is 6.06. The third kappa shape index (κ3) is 2.36. The van der Waals surface area contributed by atoms with Gasteiger partial charge in [0.2, 0.25) is 0 Å². The summed E-state index contributed by atoms with van der Waals surface area (Å²) in [6, 6.07) is 0.296. The van der Waals surface area contributed by atoms with Crippen LogP contribution in [0.2, 0.25) is 0 Å². The molecule has 0 aliphatic heterocycles. The Morgan fingerprint density at radius 2 is 1.87 bits per heavy atom. The average Bonchev–Trinajstić information content (AvgIpc) is 3.05. The van der Waals surface area contributed by atoms with Crippen LogP contribution in [0.5, 0.6) is 0 Å². The minimum Gasteiger partial charge on any atom is -0.374 e.